The summed E-state index contributed by atoms with van der Waals surface area (Å²) in [6, 6.07) is 1.27. The van der Waals surface area contributed by atoms with Crippen LogP contribution in [0.15, 0.2) is 12.1 Å². The van der Waals surface area contributed by atoms with E-state index in [0.29, 0.717) is 18.6 Å². The minimum absolute atomic E-state index is 0.00177. The molecule has 0 aliphatic carbocycles. The van der Waals surface area contributed by atoms with Gasteiger partial charge in [0.05, 0.1) is 0 Å². The van der Waals surface area contributed by atoms with Crippen LogP contribution in [0.25, 0.3) is 0 Å². The van der Waals surface area contributed by atoms with Crippen molar-refractivity contribution in [3.8, 4) is 0 Å². The Labute approximate surface area is 104 Å². The molecule has 0 aliphatic rings. The van der Waals surface area contributed by atoms with E-state index in [1.54, 1.807) is 0 Å². The Morgan fingerprint density at radius 3 is 2.28 bits per heavy atom. The van der Waals surface area contributed by atoms with Crippen molar-refractivity contribution in [2.45, 2.75) is 26.7 Å². The first-order valence-electron chi connectivity index (χ1n) is 5.80. The van der Waals surface area contributed by atoms with E-state index in [-0.39, 0.29) is 30.4 Å². The van der Waals surface area contributed by atoms with Gasteiger partial charge in [-0.15, -0.1) is 0 Å². The number of rotatable bonds is 5. The van der Waals surface area contributed by atoms with Crippen molar-refractivity contribution in [2.24, 2.45) is 5.92 Å². The van der Waals surface area contributed by atoms with E-state index < -0.39 is 17.5 Å². The van der Waals surface area contributed by atoms with Gasteiger partial charge in [-0.2, -0.15) is 0 Å². The molecule has 0 aliphatic heterocycles. The van der Waals surface area contributed by atoms with Gasteiger partial charge in [0, 0.05) is 30.7 Å². The van der Waals surface area contributed by atoms with Crippen molar-refractivity contribution in [1.82, 2.24) is 5.32 Å². The highest BCUT2D eigenvalue weighted by Crippen LogP contribution is 2.14. The molecule has 1 rings (SSSR count). The highest BCUT2D eigenvalue weighted by Gasteiger charge is 2.11. The van der Waals surface area contributed by atoms with E-state index >= 15 is 0 Å². The third-order valence-electron chi connectivity index (χ3n) is 2.40. The Balaban J connectivity index is 2.52. The Hall–Kier alpha value is -1.52. The molecule has 0 atom stereocenters. The topological polar surface area (TPSA) is 29.1 Å². The molecule has 0 saturated heterocycles. The predicted octanol–water partition coefficient (Wildman–Crippen LogP) is 2.81. The first-order chi connectivity index (χ1) is 8.40. The Morgan fingerprint density at radius 2 is 1.78 bits per heavy atom. The summed E-state index contributed by atoms with van der Waals surface area (Å²) in [6.07, 6.45) is 0.371. The van der Waals surface area contributed by atoms with Crippen LogP contribution in [0.5, 0.6) is 0 Å². The molecule has 0 saturated carbocycles. The molecule has 0 unspecified atom stereocenters. The van der Waals surface area contributed by atoms with Crippen molar-refractivity contribution in [3.05, 3.63) is 35.1 Å². The van der Waals surface area contributed by atoms with Gasteiger partial charge < -0.3 is 5.32 Å². The summed E-state index contributed by atoms with van der Waals surface area (Å²) in [5.74, 6) is -2.73. The molecule has 0 aromatic heterocycles. The van der Waals surface area contributed by atoms with Crippen LogP contribution >= 0.6 is 0 Å². The van der Waals surface area contributed by atoms with Crippen LogP contribution in [0.4, 0.5) is 13.2 Å². The predicted molar refractivity (Wildman–Crippen MR) is 62.5 cm³/mol. The zero-order chi connectivity index (χ0) is 13.7. The van der Waals surface area contributed by atoms with Gasteiger partial charge in [-0.3, -0.25) is 4.79 Å². The number of amides is 1. The lowest BCUT2D eigenvalue weighted by Crippen LogP contribution is -2.27. The van der Waals surface area contributed by atoms with E-state index in [0.717, 1.165) is 0 Å². The van der Waals surface area contributed by atoms with E-state index in [4.69, 9.17) is 0 Å². The van der Waals surface area contributed by atoms with Crippen LogP contribution < -0.4 is 5.32 Å². The number of benzene rings is 1. The number of carbonyl (C=O) groups excluding carboxylic acids is 1. The second-order valence-electron chi connectivity index (χ2n) is 4.55. The number of hydrogen-bond donors (Lipinski definition) is 1. The summed E-state index contributed by atoms with van der Waals surface area (Å²) < 4.78 is 39.2. The van der Waals surface area contributed by atoms with Gasteiger partial charge in [0.2, 0.25) is 5.91 Å². The maximum atomic E-state index is 13.3. The SMILES string of the molecule is CC(C)CC(=O)NCCc1c(F)cc(F)cc1F. The molecular formula is C13H16F3NO. The minimum Gasteiger partial charge on any atom is -0.356 e. The van der Waals surface area contributed by atoms with Gasteiger partial charge in [0.25, 0.3) is 0 Å². The van der Waals surface area contributed by atoms with Crippen molar-refractivity contribution in [3.63, 3.8) is 0 Å². The van der Waals surface area contributed by atoms with Crippen LogP contribution in [0.1, 0.15) is 25.8 Å². The maximum Gasteiger partial charge on any atom is 0.220 e. The van der Waals surface area contributed by atoms with Crippen molar-refractivity contribution in [2.75, 3.05) is 6.54 Å². The van der Waals surface area contributed by atoms with Gasteiger partial charge in [-0.05, 0) is 12.3 Å². The van der Waals surface area contributed by atoms with Crippen molar-refractivity contribution in [1.29, 1.82) is 0 Å². The lowest BCUT2D eigenvalue weighted by Gasteiger charge is -2.08. The first-order valence-corrected chi connectivity index (χ1v) is 5.80. The molecule has 1 amide bonds. The third-order valence-corrected chi connectivity index (χ3v) is 2.40. The third kappa shape index (κ3) is 4.39. The van der Waals surface area contributed by atoms with Crippen LogP contribution in [-0.4, -0.2) is 12.5 Å². The molecule has 0 radical (unpaired) electrons. The quantitative estimate of drug-likeness (QED) is 0.865. The zero-order valence-corrected chi connectivity index (χ0v) is 10.4. The van der Waals surface area contributed by atoms with Gasteiger partial charge in [0.15, 0.2) is 0 Å². The largest absolute Gasteiger partial charge is 0.356 e. The van der Waals surface area contributed by atoms with Gasteiger partial charge >= 0.3 is 0 Å². The summed E-state index contributed by atoms with van der Waals surface area (Å²) in [5, 5.41) is 2.57. The standard InChI is InChI=1S/C13H16F3NO/c1-8(2)5-13(18)17-4-3-10-11(15)6-9(14)7-12(10)16/h6-8H,3-5H2,1-2H3,(H,17,18). The minimum atomic E-state index is -0.947. The fraction of sp³-hybridized carbons (Fsp3) is 0.462. The maximum absolute atomic E-state index is 13.3. The molecule has 18 heavy (non-hydrogen) atoms. The van der Waals surface area contributed by atoms with E-state index in [2.05, 4.69) is 5.32 Å². The Kier molecular flexibility index (Phi) is 5.19. The van der Waals surface area contributed by atoms with Crippen LogP contribution in [0, 0.1) is 23.4 Å². The Morgan fingerprint density at radius 1 is 1.22 bits per heavy atom. The van der Waals surface area contributed by atoms with Crippen molar-refractivity contribution >= 4 is 5.91 Å². The monoisotopic (exact) mass is 259 g/mol. The summed E-state index contributed by atoms with van der Waals surface area (Å²) in [7, 11) is 0. The molecule has 0 spiro atoms. The molecule has 0 heterocycles. The summed E-state index contributed by atoms with van der Waals surface area (Å²) in [5.41, 5.74) is -0.207. The summed E-state index contributed by atoms with van der Waals surface area (Å²) in [6.45, 7) is 3.93. The molecule has 0 fully saturated rings. The molecule has 5 heteroatoms. The summed E-state index contributed by atoms with van der Waals surface area (Å²) in [4.78, 5) is 11.3. The average molecular weight is 259 g/mol. The van der Waals surface area contributed by atoms with Crippen LogP contribution in [-0.2, 0) is 11.2 Å². The van der Waals surface area contributed by atoms with E-state index in [1.165, 1.54) is 0 Å². The lowest BCUT2D eigenvalue weighted by atomic mass is 10.1. The summed E-state index contributed by atoms with van der Waals surface area (Å²) >= 11 is 0. The van der Waals surface area contributed by atoms with E-state index in [1.807, 2.05) is 13.8 Å². The first kappa shape index (κ1) is 14.5. The fourth-order valence-electron chi connectivity index (χ4n) is 1.58. The zero-order valence-electron chi connectivity index (χ0n) is 10.4. The lowest BCUT2D eigenvalue weighted by molar-refractivity contribution is -0.121. The van der Waals surface area contributed by atoms with Crippen molar-refractivity contribution < 1.29 is 18.0 Å². The highest BCUT2D eigenvalue weighted by atomic mass is 19.1. The second kappa shape index (κ2) is 6.42. The number of carbonyl (C=O) groups is 1. The molecule has 1 aromatic rings. The highest BCUT2D eigenvalue weighted by molar-refractivity contribution is 5.76. The molecule has 1 N–H and O–H groups in total. The smallest absolute Gasteiger partial charge is 0.220 e. The van der Waals surface area contributed by atoms with Crippen LogP contribution in [0.2, 0.25) is 0 Å². The van der Waals surface area contributed by atoms with Crippen LogP contribution in [0.3, 0.4) is 0 Å². The Bertz CT molecular complexity index is 409. The van der Waals surface area contributed by atoms with Gasteiger partial charge in [0.1, 0.15) is 17.5 Å². The number of halogens is 3. The normalized spacial score (nSPS) is 10.8. The molecule has 2 nitrogen and oxygen atoms in total. The number of hydrogen-bond acceptors (Lipinski definition) is 1. The fourth-order valence-corrected chi connectivity index (χ4v) is 1.58. The van der Waals surface area contributed by atoms with Gasteiger partial charge in [-0.1, -0.05) is 13.8 Å². The molecule has 0 bridgehead atoms. The van der Waals surface area contributed by atoms with E-state index in [9.17, 15) is 18.0 Å². The molecule has 1 aromatic carbocycles. The van der Waals surface area contributed by atoms with Gasteiger partial charge in [-0.25, -0.2) is 13.2 Å². The molecule has 100 valence electrons. The second-order valence-corrected chi connectivity index (χ2v) is 4.55. The average Bonchev–Trinajstić information content (AvgIpc) is 2.20. The molecular weight excluding hydrogens is 243 g/mol. The number of nitrogens with one attached hydrogen (secondary N) is 1.